The number of nitrogens with zero attached hydrogens (tertiary/aromatic N) is 1. The van der Waals surface area contributed by atoms with E-state index in [1.165, 1.54) is 18.2 Å². The molecule has 6 heteroatoms. The van der Waals surface area contributed by atoms with E-state index in [1.807, 2.05) is 18.2 Å². The molecule has 3 fully saturated rings. The zero-order valence-corrected chi connectivity index (χ0v) is 16.9. The van der Waals surface area contributed by atoms with Crippen molar-refractivity contribution in [3.63, 3.8) is 0 Å². The molecule has 1 aromatic heterocycles. The number of halogens is 2. The zero-order valence-electron chi connectivity index (χ0n) is 16.9. The average molecular weight is 420 g/mol. The van der Waals surface area contributed by atoms with E-state index >= 15 is 8.78 Å². The third kappa shape index (κ3) is 2.71. The van der Waals surface area contributed by atoms with Gasteiger partial charge in [0.25, 0.3) is 0 Å². The van der Waals surface area contributed by atoms with Gasteiger partial charge in [-0.3, -0.25) is 4.90 Å². The summed E-state index contributed by atoms with van der Waals surface area (Å²) >= 11 is 0. The van der Waals surface area contributed by atoms with Crippen LogP contribution in [0.2, 0.25) is 0 Å². The molecule has 4 nitrogen and oxygen atoms in total. The number of H-pyrrole nitrogens is 1. The minimum atomic E-state index is -1.16. The van der Waals surface area contributed by atoms with Gasteiger partial charge in [0, 0.05) is 40.3 Å². The number of hydrogen-bond acceptors (Lipinski definition) is 2. The number of rotatable bonds is 4. The summed E-state index contributed by atoms with van der Waals surface area (Å²) in [5.41, 5.74) is 3.29. The van der Waals surface area contributed by atoms with Gasteiger partial charge in [-0.2, -0.15) is 0 Å². The van der Waals surface area contributed by atoms with Gasteiger partial charge in [-0.15, -0.1) is 0 Å². The highest BCUT2D eigenvalue weighted by molar-refractivity contribution is 5.86. The van der Waals surface area contributed by atoms with Crippen LogP contribution in [0, 0.1) is 17.6 Å². The van der Waals surface area contributed by atoms with Gasteiger partial charge < -0.3 is 10.1 Å². The number of para-hydroxylation sites is 1. The standard InChI is InChI=1S/C25H22F2N2O2/c26-18-9-14(5-6-21(30)31)10-19(27)22(18)24-23-17(16-3-1-2-4-20(16)28-23)7-8-29(24)25-11-15(12-25)13-25/h1-6,9-10,15,24,28H,7-8,11-13H2,(H,30,31)/b6-5+/t15?,24-,25?/m1/s1. The maximum Gasteiger partial charge on any atom is 0.328 e. The number of fused-ring (bicyclic) bond motifs is 3. The number of carboxylic acids is 1. The molecule has 31 heavy (non-hydrogen) atoms. The van der Waals surface area contributed by atoms with Crippen molar-refractivity contribution in [2.24, 2.45) is 5.92 Å². The van der Waals surface area contributed by atoms with Crippen molar-refractivity contribution < 1.29 is 18.7 Å². The Morgan fingerprint density at radius 1 is 1.16 bits per heavy atom. The summed E-state index contributed by atoms with van der Waals surface area (Å²) in [6, 6.07) is 9.96. The molecule has 2 bridgehead atoms. The fourth-order valence-corrected chi connectivity index (χ4v) is 5.97. The van der Waals surface area contributed by atoms with Crippen LogP contribution in [0.25, 0.3) is 17.0 Å². The van der Waals surface area contributed by atoms with Crippen molar-refractivity contribution in [3.8, 4) is 0 Å². The summed E-state index contributed by atoms with van der Waals surface area (Å²) in [5.74, 6) is -1.69. The second-order valence-electron chi connectivity index (χ2n) is 9.18. The highest BCUT2D eigenvalue weighted by Crippen LogP contribution is 2.63. The fraction of sp³-hybridized carbons (Fsp3) is 0.320. The number of aromatic amines is 1. The lowest BCUT2D eigenvalue weighted by Crippen LogP contribution is -2.69. The number of hydrogen-bond donors (Lipinski definition) is 2. The van der Waals surface area contributed by atoms with Crippen LogP contribution in [-0.2, 0) is 11.2 Å². The van der Waals surface area contributed by atoms with E-state index in [2.05, 4.69) is 16.0 Å². The lowest BCUT2D eigenvalue weighted by atomic mass is 9.48. The largest absolute Gasteiger partial charge is 0.478 e. The van der Waals surface area contributed by atoms with Crippen LogP contribution in [0.1, 0.15) is 47.7 Å². The Kier molecular flexibility index (Phi) is 3.93. The fourth-order valence-electron chi connectivity index (χ4n) is 5.97. The SMILES string of the molecule is O=C(O)/C=C/c1cc(F)c([C@@H]2c3[nH]c4ccccc4c3CCN2C23CC(C2)C3)c(F)c1. The Bertz CT molecular complexity index is 1220. The topological polar surface area (TPSA) is 56.3 Å². The normalized spacial score (nSPS) is 27.2. The molecular formula is C25H22F2N2O2. The highest BCUT2D eigenvalue weighted by Gasteiger charge is 2.62. The molecule has 2 aromatic carbocycles. The first-order valence-electron chi connectivity index (χ1n) is 10.7. The van der Waals surface area contributed by atoms with Crippen LogP contribution in [0.15, 0.2) is 42.5 Å². The molecule has 1 atom stereocenters. The first kappa shape index (κ1) is 18.8. The molecule has 2 N–H and O–H groups in total. The molecule has 0 unspecified atom stereocenters. The number of carboxylic acid groups (broad SMARTS) is 1. The van der Waals surface area contributed by atoms with Crippen LogP contribution in [0.5, 0.6) is 0 Å². The van der Waals surface area contributed by atoms with Crippen LogP contribution >= 0.6 is 0 Å². The van der Waals surface area contributed by atoms with E-state index in [-0.39, 0.29) is 16.7 Å². The predicted molar refractivity (Wildman–Crippen MR) is 114 cm³/mol. The van der Waals surface area contributed by atoms with E-state index in [0.29, 0.717) is 0 Å². The third-order valence-corrected chi connectivity index (χ3v) is 7.44. The first-order valence-corrected chi connectivity index (χ1v) is 10.7. The summed E-state index contributed by atoms with van der Waals surface area (Å²) in [6.45, 7) is 0.770. The molecule has 7 rings (SSSR count). The Balaban J connectivity index is 1.52. The maximum atomic E-state index is 15.4. The second kappa shape index (κ2) is 6.50. The maximum absolute atomic E-state index is 15.4. The van der Waals surface area contributed by atoms with Crippen molar-refractivity contribution in [2.45, 2.75) is 37.3 Å². The van der Waals surface area contributed by atoms with Crippen molar-refractivity contribution in [1.29, 1.82) is 0 Å². The Labute approximate surface area is 178 Å². The first-order chi connectivity index (χ1) is 14.9. The molecule has 0 amide bonds. The summed E-state index contributed by atoms with van der Waals surface area (Å²) in [5, 5.41) is 9.94. The van der Waals surface area contributed by atoms with Crippen LogP contribution in [0.4, 0.5) is 8.78 Å². The zero-order chi connectivity index (χ0) is 21.3. The Morgan fingerprint density at radius 2 is 1.87 bits per heavy atom. The lowest BCUT2D eigenvalue weighted by molar-refractivity contribution is -0.159. The molecule has 3 aliphatic carbocycles. The van der Waals surface area contributed by atoms with E-state index in [0.717, 1.165) is 66.4 Å². The molecule has 2 heterocycles. The minimum Gasteiger partial charge on any atom is -0.478 e. The number of nitrogens with one attached hydrogen (secondary N) is 1. The molecule has 158 valence electrons. The van der Waals surface area contributed by atoms with Crippen LogP contribution in [0.3, 0.4) is 0 Å². The van der Waals surface area contributed by atoms with E-state index < -0.39 is 23.6 Å². The van der Waals surface area contributed by atoms with Gasteiger partial charge >= 0.3 is 5.97 Å². The number of aliphatic carboxylic acids is 1. The van der Waals surface area contributed by atoms with Gasteiger partial charge in [0.2, 0.25) is 0 Å². The summed E-state index contributed by atoms with van der Waals surface area (Å²) < 4.78 is 30.8. The predicted octanol–water partition coefficient (Wildman–Crippen LogP) is 5.04. The molecule has 4 aliphatic rings. The number of aromatic nitrogens is 1. The van der Waals surface area contributed by atoms with Gasteiger partial charge in [-0.25, -0.2) is 13.6 Å². The van der Waals surface area contributed by atoms with E-state index in [9.17, 15) is 4.79 Å². The minimum absolute atomic E-state index is 0.0460. The summed E-state index contributed by atoms with van der Waals surface area (Å²) in [6.07, 6.45) is 6.25. The van der Waals surface area contributed by atoms with E-state index in [4.69, 9.17) is 5.11 Å². The van der Waals surface area contributed by atoms with E-state index in [1.54, 1.807) is 0 Å². The van der Waals surface area contributed by atoms with Crippen molar-refractivity contribution >= 4 is 22.9 Å². The quantitative estimate of drug-likeness (QED) is 0.581. The lowest BCUT2D eigenvalue weighted by Gasteiger charge is -2.68. The van der Waals surface area contributed by atoms with Crippen molar-refractivity contribution in [2.75, 3.05) is 6.54 Å². The van der Waals surface area contributed by atoms with Crippen molar-refractivity contribution in [1.82, 2.24) is 9.88 Å². The highest BCUT2D eigenvalue weighted by atomic mass is 19.1. The number of carbonyl (C=O) groups is 1. The molecule has 1 aliphatic heterocycles. The molecule has 3 saturated carbocycles. The summed E-state index contributed by atoms with van der Waals surface area (Å²) in [7, 11) is 0. The Hall–Kier alpha value is -2.99. The molecular weight excluding hydrogens is 398 g/mol. The molecule has 0 saturated heterocycles. The summed E-state index contributed by atoms with van der Waals surface area (Å²) in [4.78, 5) is 16.6. The molecule has 0 radical (unpaired) electrons. The van der Waals surface area contributed by atoms with Crippen molar-refractivity contribution in [3.05, 3.63) is 76.5 Å². The molecule has 3 aromatic rings. The number of benzene rings is 2. The van der Waals surface area contributed by atoms with Gasteiger partial charge in [0.15, 0.2) is 0 Å². The van der Waals surface area contributed by atoms with Gasteiger partial charge in [0.1, 0.15) is 11.6 Å². The Morgan fingerprint density at radius 3 is 2.52 bits per heavy atom. The third-order valence-electron chi connectivity index (χ3n) is 7.44. The monoisotopic (exact) mass is 420 g/mol. The second-order valence-corrected chi connectivity index (χ2v) is 9.18. The smallest absolute Gasteiger partial charge is 0.328 e. The average Bonchev–Trinajstić information content (AvgIpc) is 3.03. The van der Waals surface area contributed by atoms with Crippen LogP contribution in [-0.4, -0.2) is 33.0 Å². The van der Waals surface area contributed by atoms with Gasteiger partial charge in [-0.1, -0.05) is 18.2 Å². The van der Waals surface area contributed by atoms with Gasteiger partial charge in [0.05, 0.1) is 6.04 Å². The van der Waals surface area contributed by atoms with Crippen LogP contribution < -0.4 is 0 Å². The molecule has 0 spiro atoms. The van der Waals surface area contributed by atoms with Gasteiger partial charge in [-0.05, 0) is 67.0 Å².